The number of piperidine rings is 1. The van der Waals surface area contributed by atoms with Crippen LogP contribution in [0.3, 0.4) is 0 Å². The Hall–Kier alpha value is -2.47. The number of carbonyl (C=O) groups is 1. The van der Waals surface area contributed by atoms with Gasteiger partial charge in [0.1, 0.15) is 11.5 Å². The fourth-order valence-corrected chi connectivity index (χ4v) is 3.78. The van der Waals surface area contributed by atoms with Crippen molar-refractivity contribution < 1.29 is 11.0 Å². The van der Waals surface area contributed by atoms with Crippen molar-refractivity contribution in [1.82, 2.24) is 20.4 Å². The Morgan fingerprint density at radius 1 is 1.28 bits per heavy atom. The lowest BCUT2D eigenvalue weighted by Gasteiger charge is -2.33. The first-order valence-corrected chi connectivity index (χ1v) is 10.7. The smallest absolute Gasteiger partial charge is 0.236 e. The molecule has 1 aromatic heterocycles. The number of benzene rings is 1. The zero-order valence-corrected chi connectivity index (χ0v) is 17.3. The van der Waals surface area contributed by atoms with E-state index in [0.29, 0.717) is 30.2 Å². The summed E-state index contributed by atoms with van der Waals surface area (Å²) < 4.78 is 6.05. The van der Waals surface area contributed by atoms with Gasteiger partial charge in [0.25, 0.3) is 0 Å². The summed E-state index contributed by atoms with van der Waals surface area (Å²) in [6, 6.07) is 10.7. The van der Waals surface area contributed by atoms with Gasteiger partial charge >= 0.3 is 0 Å². The van der Waals surface area contributed by atoms with Gasteiger partial charge in [0.2, 0.25) is 5.91 Å². The van der Waals surface area contributed by atoms with E-state index in [9.17, 15) is 4.79 Å². The largest absolute Gasteiger partial charge is 0.456 e. The molecule has 6 heteroatoms. The van der Waals surface area contributed by atoms with Crippen LogP contribution in [0.2, 0.25) is 0 Å². The third kappa shape index (κ3) is 5.32. The minimum atomic E-state index is 0. The Morgan fingerprint density at radius 3 is 2.93 bits per heavy atom. The molecule has 0 bridgehead atoms. The molecule has 1 saturated carbocycles. The Bertz CT molecular complexity index is 857. The van der Waals surface area contributed by atoms with Crippen LogP contribution in [0.5, 0.6) is 11.5 Å². The van der Waals surface area contributed by atoms with Crippen molar-refractivity contribution >= 4 is 5.91 Å². The zero-order chi connectivity index (χ0) is 20.2. The van der Waals surface area contributed by atoms with Crippen molar-refractivity contribution in [1.29, 1.82) is 0 Å². The Kier molecular flexibility index (Phi) is 6.09. The van der Waals surface area contributed by atoms with Gasteiger partial charge in [-0.1, -0.05) is 26.0 Å². The number of aromatic nitrogens is 2. The molecule has 156 valence electrons. The van der Waals surface area contributed by atoms with Crippen LogP contribution in [0.15, 0.2) is 36.5 Å². The van der Waals surface area contributed by atoms with Gasteiger partial charge in [-0.05, 0) is 49.3 Å². The van der Waals surface area contributed by atoms with Crippen LogP contribution >= 0.6 is 0 Å². The van der Waals surface area contributed by atoms with Gasteiger partial charge in [0.05, 0.1) is 18.4 Å². The van der Waals surface area contributed by atoms with E-state index in [1.807, 2.05) is 23.1 Å². The number of rotatable bonds is 7. The molecule has 1 amide bonds. The molecule has 1 saturated heterocycles. The highest BCUT2D eigenvalue weighted by Gasteiger charge is 2.27. The summed E-state index contributed by atoms with van der Waals surface area (Å²) in [6.07, 6.45) is 6.18. The van der Waals surface area contributed by atoms with Crippen molar-refractivity contribution in [3.05, 3.63) is 47.8 Å². The van der Waals surface area contributed by atoms with E-state index in [4.69, 9.17) is 4.74 Å². The number of hydrogen-bond donors (Lipinski definition) is 1. The summed E-state index contributed by atoms with van der Waals surface area (Å²) in [5, 5.41) is 11.5. The highest BCUT2D eigenvalue weighted by Crippen LogP contribution is 2.31. The van der Waals surface area contributed by atoms with Crippen molar-refractivity contribution in [2.45, 2.75) is 57.4 Å². The van der Waals surface area contributed by atoms with E-state index in [-0.39, 0.29) is 7.33 Å². The summed E-state index contributed by atoms with van der Waals surface area (Å²) in [5.41, 5.74) is 2.14. The zero-order valence-electron chi connectivity index (χ0n) is 17.3. The number of carbonyl (C=O) groups excluding carboxylic acids is 1. The number of likely N-dealkylation sites (tertiary alicyclic amines) is 1. The second kappa shape index (κ2) is 8.91. The molecule has 0 spiro atoms. The lowest BCUT2D eigenvalue weighted by atomic mass is 9.90. The van der Waals surface area contributed by atoms with Crippen molar-refractivity contribution in [2.24, 2.45) is 0 Å². The molecule has 29 heavy (non-hydrogen) atoms. The topological polar surface area (TPSA) is 67.3 Å². The molecule has 2 heterocycles. The summed E-state index contributed by atoms with van der Waals surface area (Å²) in [4.78, 5) is 14.5. The third-order valence-electron chi connectivity index (χ3n) is 5.70. The quantitative estimate of drug-likeness (QED) is 0.763. The fourth-order valence-electron chi connectivity index (χ4n) is 3.78. The Balaban J connectivity index is 0.00000256. The first kappa shape index (κ1) is 19.8. The average molecular weight is 397 g/mol. The van der Waals surface area contributed by atoms with Crippen molar-refractivity contribution in [3.8, 4) is 11.5 Å². The van der Waals surface area contributed by atoms with Gasteiger partial charge in [-0.2, -0.15) is 10.2 Å². The second-order valence-corrected chi connectivity index (χ2v) is 8.48. The molecule has 0 radical (unpaired) electrons. The molecule has 1 unspecified atom stereocenters. The van der Waals surface area contributed by atoms with Gasteiger partial charge in [-0.15, -0.1) is 0 Å². The summed E-state index contributed by atoms with van der Waals surface area (Å²) in [7, 11) is 0. The van der Waals surface area contributed by atoms with E-state index in [1.54, 1.807) is 6.20 Å². The molecule has 4 rings (SSSR count). The predicted octanol–water partition coefficient (Wildman–Crippen LogP) is 4.10. The molecule has 1 aliphatic heterocycles. The van der Waals surface area contributed by atoms with E-state index in [0.717, 1.165) is 37.4 Å². The van der Waals surface area contributed by atoms with Gasteiger partial charge in [0, 0.05) is 32.5 Å². The molecule has 1 atom stereocenters. The molecular weight excluding hydrogens is 364 g/mol. The lowest BCUT2D eigenvalue weighted by molar-refractivity contribution is -0.131. The normalized spacial score (nSPS) is 19.4. The SMILES string of the molecule is CC(C)c1cc(Oc2cccc(C3CCCN(C(=O)CNC4CC4)C3)c2)cnn1.[HH]. The second-order valence-electron chi connectivity index (χ2n) is 8.48. The molecule has 6 nitrogen and oxygen atoms in total. The molecule has 2 aromatic rings. The Morgan fingerprint density at radius 2 is 2.14 bits per heavy atom. The monoisotopic (exact) mass is 396 g/mol. The summed E-state index contributed by atoms with van der Waals surface area (Å²) >= 11 is 0. The van der Waals surface area contributed by atoms with Gasteiger partial charge < -0.3 is 15.0 Å². The molecule has 1 aromatic carbocycles. The van der Waals surface area contributed by atoms with Crippen LogP contribution < -0.4 is 10.1 Å². The number of hydrogen-bond acceptors (Lipinski definition) is 5. The lowest BCUT2D eigenvalue weighted by Crippen LogP contribution is -2.43. The fraction of sp³-hybridized carbons (Fsp3) is 0.522. The van der Waals surface area contributed by atoms with E-state index in [1.165, 1.54) is 18.4 Å². The first-order valence-electron chi connectivity index (χ1n) is 10.7. The van der Waals surface area contributed by atoms with Crippen LogP contribution in [0.1, 0.15) is 64.1 Å². The van der Waals surface area contributed by atoms with Crippen LogP contribution in [-0.4, -0.2) is 46.7 Å². The summed E-state index contributed by atoms with van der Waals surface area (Å²) in [5.74, 6) is 2.37. The van der Waals surface area contributed by atoms with E-state index < -0.39 is 0 Å². The minimum absolute atomic E-state index is 0. The maximum absolute atomic E-state index is 12.5. The van der Waals surface area contributed by atoms with Gasteiger partial charge in [-0.25, -0.2) is 0 Å². The highest BCUT2D eigenvalue weighted by molar-refractivity contribution is 5.78. The standard InChI is InChI=1S/C23H30N4O2.H2/c1-16(2)22-12-21(13-25-26-22)29-20-7-3-5-17(11-20)18-6-4-10-27(15-18)23(28)14-24-19-8-9-19;/h3,5,7,11-13,16,18-19,24H,4,6,8-10,14-15H2,1-2H3;1H. The van der Waals surface area contributed by atoms with Crippen molar-refractivity contribution in [2.75, 3.05) is 19.6 Å². The van der Waals surface area contributed by atoms with Crippen LogP contribution in [0, 0.1) is 0 Å². The molecule has 2 aliphatic rings. The van der Waals surface area contributed by atoms with Crippen molar-refractivity contribution in [3.63, 3.8) is 0 Å². The number of nitrogens with zero attached hydrogens (tertiary/aromatic N) is 3. The number of nitrogens with one attached hydrogen (secondary N) is 1. The van der Waals surface area contributed by atoms with Crippen LogP contribution in [0.25, 0.3) is 0 Å². The molecule has 1 N–H and O–H groups in total. The highest BCUT2D eigenvalue weighted by atomic mass is 16.5. The maximum Gasteiger partial charge on any atom is 0.236 e. The molecule has 2 fully saturated rings. The molecule has 1 aliphatic carbocycles. The molecular formula is C23H32N4O2. The summed E-state index contributed by atoms with van der Waals surface area (Å²) in [6.45, 7) is 6.28. The maximum atomic E-state index is 12.5. The van der Waals surface area contributed by atoms with Gasteiger partial charge in [-0.3, -0.25) is 4.79 Å². The number of amides is 1. The van der Waals surface area contributed by atoms with E-state index in [2.05, 4.69) is 41.5 Å². The number of ether oxygens (including phenoxy) is 1. The minimum Gasteiger partial charge on any atom is -0.456 e. The first-order chi connectivity index (χ1) is 14.1. The third-order valence-corrected chi connectivity index (χ3v) is 5.70. The van der Waals surface area contributed by atoms with E-state index >= 15 is 0 Å². The predicted molar refractivity (Wildman–Crippen MR) is 114 cm³/mol. The Labute approximate surface area is 174 Å². The average Bonchev–Trinajstić information content (AvgIpc) is 3.57. The van der Waals surface area contributed by atoms with Crippen LogP contribution in [0.4, 0.5) is 0 Å². The van der Waals surface area contributed by atoms with Gasteiger partial charge in [0.15, 0.2) is 0 Å². The van der Waals surface area contributed by atoms with Crippen LogP contribution in [-0.2, 0) is 4.79 Å².